The Bertz CT molecular complexity index is 499. The third kappa shape index (κ3) is 4.47. The molecule has 0 heterocycles. The van der Waals surface area contributed by atoms with Crippen molar-refractivity contribution >= 4 is 5.97 Å². The zero-order valence-electron chi connectivity index (χ0n) is 11.3. The maximum atomic E-state index is 11.9. The lowest BCUT2D eigenvalue weighted by molar-refractivity contribution is 0.0204. The van der Waals surface area contributed by atoms with Gasteiger partial charge in [0, 0.05) is 0 Å². The van der Waals surface area contributed by atoms with Gasteiger partial charge < -0.3 is 4.74 Å². The van der Waals surface area contributed by atoms with Gasteiger partial charge in [-0.15, -0.1) is 0 Å². The van der Waals surface area contributed by atoms with Crippen LogP contribution in [-0.4, -0.2) is 11.6 Å². The Kier molecular flexibility index (Phi) is 4.74. The van der Waals surface area contributed by atoms with Gasteiger partial charge in [0.05, 0.1) is 5.56 Å². The molecule has 1 aromatic carbocycles. The normalized spacial score (nSPS) is 11.4. The van der Waals surface area contributed by atoms with E-state index in [0.717, 1.165) is 5.57 Å². The molecule has 18 heavy (non-hydrogen) atoms. The maximum Gasteiger partial charge on any atom is 0.339 e. The summed E-state index contributed by atoms with van der Waals surface area (Å²) in [6.07, 6.45) is 1.92. The second-order valence-corrected chi connectivity index (χ2v) is 4.49. The van der Waals surface area contributed by atoms with Crippen molar-refractivity contribution in [3.05, 3.63) is 47.5 Å². The van der Waals surface area contributed by atoms with Crippen LogP contribution in [0.4, 0.5) is 0 Å². The number of esters is 1. The number of hydrogen-bond donors (Lipinski definition) is 0. The SMILES string of the molecule is C/C=C(\C)C#CC(C)(C)OC(=O)c1ccccc1. The van der Waals surface area contributed by atoms with Crippen LogP contribution < -0.4 is 0 Å². The molecule has 0 unspecified atom stereocenters. The molecule has 0 radical (unpaired) electrons. The highest BCUT2D eigenvalue weighted by molar-refractivity contribution is 5.89. The molecular formula is C16H18O2. The Labute approximate surface area is 109 Å². The highest BCUT2D eigenvalue weighted by Crippen LogP contribution is 2.12. The molecule has 2 heteroatoms. The summed E-state index contributed by atoms with van der Waals surface area (Å²) in [5.74, 6) is 5.56. The molecule has 0 saturated carbocycles. The predicted octanol–water partition coefficient (Wildman–Crippen LogP) is 3.59. The van der Waals surface area contributed by atoms with E-state index in [1.54, 1.807) is 38.1 Å². The molecule has 0 aliphatic heterocycles. The molecule has 0 aliphatic rings. The van der Waals surface area contributed by atoms with Crippen molar-refractivity contribution in [2.75, 3.05) is 0 Å². The highest BCUT2D eigenvalue weighted by atomic mass is 16.6. The van der Waals surface area contributed by atoms with Crippen LogP contribution in [0.1, 0.15) is 38.1 Å². The van der Waals surface area contributed by atoms with E-state index >= 15 is 0 Å². The lowest BCUT2D eigenvalue weighted by Crippen LogP contribution is -2.26. The summed E-state index contributed by atoms with van der Waals surface area (Å²) in [6.45, 7) is 7.41. The summed E-state index contributed by atoms with van der Waals surface area (Å²) in [7, 11) is 0. The van der Waals surface area contributed by atoms with E-state index in [9.17, 15) is 4.79 Å². The first-order valence-corrected chi connectivity index (χ1v) is 5.89. The van der Waals surface area contributed by atoms with Crippen molar-refractivity contribution in [3.63, 3.8) is 0 Å². The quantitative estimate of drug-likeness (QED) is 0.585. The Balaban J connectivity index is 2.77. The van der Waals surface area contributed by atoms with Crippen LogP contribution in [0.15, 0.2) is 42.0 Å². The second kappa shape index (κ2) is 6.07. The molecule has 1 rings (SSSR count). The topological polar surface area (TPSA) is 26.3 Å². The van der Waals surface area contributed by atoms with Crippen molar-refractivity contribution in [1.29, 1.82) is 0 Å². The van der Waals surface area contributed by atoms with Crippen LogP contribution >= 0.6 is 0 Å². The van der Waals surface area contributed by atoms with E-state index in [1.807, 2.05) is 26.0 Å². The van der Waals surface area contributed by atoms with Crippen LogP contribution in [-0.2, 0) is 4.74 Å². The van der Waals surface area contributed by atoms with Crippen molar-refractivity contribution in [2.24, 2.45) is 0 Å². The van der Waals surface area contributed by atoms with E-state index in [-0.39, 0.29) is 5.97 Å². The fourth-order valence-electron chi connectivity index (χ4n) is 1.21. The first-order chi connectivity index (χ1) is 8.44. The number of benzene rings is 1. The fraction of sp³-hybridized carbons (Fsp3) is 0.312. The lowest BCUT2D eigenvalue weighted by atomic mass is 10.1. The molecule has 0 N–H and O–H groups in total. The van der Waals surface area contributed by atoms with Crippen LogP contribution in [0.5, 0.6) is 0 Å². The zero-order chi connectivity index (χ0) is 13.6. The maximum absolute atomic E-state index is 11.9. The van der Waals surface area contributed by atoms with Crippen LogP contribution in [0.3, 0.4) is 0 Å². The molecule has 0 atom stereocenters. The van der Waals surface area contributed by atoms with Gasteiger partial charge in [-0.1, -0.05) is 36.1 Å². The molecule has 2 nitrogen and oxygen atoms in total. The van der Waals surface area contributed by atoms with Gasteiger partial charge in [0.25, 0.3) is 0 Å². The third-order valence-corrected chi connectivity index (χ3v) is 2.35. The van der Waals surface area contributed by atoms with Gasteiger partial charge in [-0.3, -0.25) is 0 Å². The summed E-state index contributed by atoms with van der Waals surface area (Å²) in [4.78, 5) is 11.9. The van der Waals surface area contributed by atoms with Gasteiger partial charge in [0.2, 0.25) is 0 Å². The predicted molar refractivity (Wildman–Crippen MR) is 73.1 cm³/mol. The molecule has 0 spiro atoms. The number of rotatable bonds is 2. The minimum atomic E-state index is -0.794. The number of carbonyl (C=O) groups excluding carboxylic acids is 1. The van der Waals surface area contributed by atoms with Crippen molar-refractivity contribution < 1.29 is 9.53 Å². The average Bonchev–Trinajstić information content (AvgIpc) is 2.36. The smallest absolute Gasteiger partial charge is 0.339 e. The minimum Gasteiger partial charge on any atom is -0.443 e. The summed E-state index contributed by atoms with van der Waals surface area (Å²) in [6, 6.07) is 8.92. The monoisotopic (exact) mass is 242 g/mol. The Hall–Kier alpha value is -2.01. The van der Waals surface area contributed by atoms with E-state index in [0.29, 0.717) is 5.56 Å². The average molecular weight is 242 g/mol. The van der Waals surface area contributed by atoms with Gasteiger partial charge >= 0.3 is 5.97 Å². The molecule has 0 bridgehead atoms. The minimum absolute atomic E-state index is 0.354. The molecule has 0 aliphatic carbocycles. The summed E-state index contributed by atoms with van der Waals surface area (Å²) in [5.41, 5.74) is 0.700. The van der Waals surface area contributed by atoms with Crippen molar-refractivity contribution in [1.82, 2.24) is 0 Å². The number of ether oxygens (including phenoxy) is 1. The first kappa shape index (κ1) is 14.1. The third-order valence-electron chi connectivity index (χ3n) is 2.35. The largest absolute Gasteiger partial charge is 0.443 e. The van der Waals surface area contributed by atoms with Gasteiger partial charge in [0.1, 0.15) is 0 Å². The number of allylic oxidation sites excluding steroid dienone is 2. The van der Waals surface area contributed by atoms with Crippen LogP contribution in [0, 0.1) is 11.8 Å². The zero-order valence-corrected chi connectivity index (χ0v) is 11.3. The van der Waals surface area contributed by atoms with Crippen molar-refractivity contribution in [3.8, 4) is 11.8 Å². The molecule has 0 amide bonds. The first-order valence-electron chi connectivity index (χ1n) is 5.89. The van der Waals surface area contributed by atoms with Crippen LogP contribution in [0.25, 0.3) is 0 Å². The Morgan fingerprint density at radius 2 is 1.89 bits per heavy atom. The Morgan fingerprint density at radius 1 is 1.28 bits per heavy atom. The fourth-order valence-corrected chi connectivity index (χ4v) is 1.21. The van der Waals surface area contributed by atoms with E-state index in [2.05, 4.69) is 11.8 Å². The molecule has 94 valence electrons. The standard InChI is InChI=1S/C16H18O2/c1-5-13(2)11-12-16(3,4)18-15(17)14-9-7-6-8-10-14/h5-10H,1-4H3/b13-5+. The van der Waals surface area contributed by atoms with Crippen LogP contribution in [0.2, 0.25) is 0 Å². The Morgan fingerprint density at radius 3 is 2.44 bits per heavy atom. The van der Waals surface area contributed by atoms with Gasteiger partial charge in [-0.25, -0.2) is 4.79 Å². The van der Waals surface area contributed by atoms with E-state index in [4.69, 9.17) is 4.74 Å². The molecule has 0 saturated heterocycles. The van der Waals surface area contributed by atoms with E-state index < -0.39 is 5.60 Å². The molecular weight excluding hydrogens is 224 g/mol. The number of hydrogen-bond acceptors (Lipinski definition) is 2. The summed E-state index contributed by atoms with van der Waals surface area (Å²) in [5, 5.41) is 0. The van der Waals surface area contributed by atoms with Gasteiger partial charge in [-0.05, 0) is 45.4 Å². The lowest BCUT2D eigenvalue weighted by Gasteiger charge is -2.18. The van der Waals surface area contributed by atoms with E-state index in [1.165, 1.54) is 0 Å². The molecule has 1 aromatic rings. The molecule has 0 fully saturated rings. The summed E-state index contributed by atoms with van der Waals surface area (Å²) >= 11 is 0. The summed E-state index contributed by atoms with van der Waals surface area (Å²) < 4.78 is 5.38. The van der Waals surface area contributed by atoms with Gasteiger partial charge in [0.15, 0.2) is 5.60 Å². The second-order valence-electron chi connectivity index (χ2n) is 4.49. The number of carbonyl (C=O) groups is 1. The van der Waals surface area contributed by atoms with Gasteiger partial charge in [-0.2, -0.15) is 0 Å². The van der Waals surface area contributed by atoms with Crippen molar-refractivity contribution in [2.45, 2.75) is 33.3 Å². The highest BCUT2D eigenvalue weighted by Gasteiger charge is 2.20. The molecule has 0 aromatic heterocycles.